The van der Waals surface area contributed by atoms with Crippen molar-refractivity contribution in [1.82, 2.24) is 16.0 Å². The van der Waals surface area contributed by atoms with E-state index >= 15 is 0 Å². The zero-order valence-electron chi connectivity index (χ0n) is 42.6. The van der Waals surface area contributed by atoms with E-state index in [1.54, 1.807) is 0 Å². The van der Waals surface area contributed by atoms with E-state index in [9.17, 15) is 9.59 Å². The zero-order chi connectivity index (χ0) is 52.6. The van der Waals surface area contributed by atoms with Gasteiger partial charge in [0.1, 0.15) is 0 Å². The lowest BCUT2D eigenvalue weighted by Crippen LogP contribution is -2.37. The summed E-state index contributed by atoms with van der Waals surface area (Å²) in [5.74, 6) is 2.41. The minimum absolute atomic E-state index is 0.00998. The second-order valence-electron chi connectivity index (χ2n) is 17.9. The van der Waals surface area contributed by atoms with Crippen molar-refractivity contribution in [2.75, 3.05) is 48.8 Å². The second-order valence-corrected chi connectivity index (χ2v) is 22.4. The van der Waals surface area contributed by atoms with E-state index < -0.39 is 4.75 Å². The van der Waals surface area contributed by atoms with Crippen LogP contribution in [-0.4, -0.2) is 60.6 Å². The van der Waals surface area contributed by atoms with Gasteiger partial charge in [0.25, 0.3) is 0 Å². The van der Waals surface area contributed by atoms with Crippen molar-refractivity contribution in [1.29, 1.82) is 0 Å². The van der Waals surface area contributed by atoms with Gasteiger partial charge in [0.2, 0.25) is 11.8 Å². The van der Waals surface area contributed by atoms with Crippen LogP contribution >= 0.6 is 51.2 Å². The van der Waals surface area contributed by atoms with Gasteiger partial charge < -0.3 is 16.0 Å². The summed E-state index contributed by atoms with van der Waals surface area (Å²) in [7, 11) is 0. The monoisotopic (exact) mass is 1120 g/mol. The normalized spacial score (nSPS) is 11.4. The number of halogens is 1. The largest absolute Gasteiger partial charge is 0.355 e. The molecular formula is C67H64BrN3O2S3. The maximum absolute atomic E-state index is 13.0. The average Bonchev–Trinajstić information content (AvgIpc) is 3.52. The minimum Gasteiger partial charge on any atom is -0.355 e. The van der Waals surface area contributed by atoms with Crippen LogP contribution in [0.15, 0.2) is 273 Å². The molecule has 2 amide bonds. The molecule has 9 aromatic carbocycles. The molecule has 0 aliphatic carbocycles. The molecule has 0 aliphatic heterocycles. The molecule has 0 spiro atoms. The van der Waals surface area contributed by atoms with Gasteiger partial charge in [0.15, 0.2) is 0 Å². The first-order chi connectivity index (χ1) is 37.5. The van der Waals surface area contributed by atoms with E-state index in [-0.39, 0.29) is 27.9 Å². The molecule has 0 aromatic heterocycles. The van der Waals surface area contributed by atoms with E-state index in [1.807, 2.05) is 53.5 Å². The predicted octanol–water partition coefficient (Wildman–Crippen LogP) is 14.4. The molecule has 0 atom stereocenters. The fraction of sp³-hybridized carbons (Fsp3) is 0.164. The molecule has 0 aliphatic rings. The van der Waals surface area contributed by atoms with Crippen molar-refractivity contribution in [2.45, 2.75) is 14.2 Å². The molecule has 0 heterocycles. The average molecular weight is 1120 g/mol. The van der Waals surface area contributed by atoms with Crippen LogP contribution in [0.25, 0.3) is 0 Å². The topological polar surface area (TPSA) is 70.2 Å². The lowest BCUT2D eigenvalue weighted by atomic mass is 9.84. The van der Waals surface area contributed by atoms with E-state index in [0.29, 0.717) is 25.0 Å². The number of thioether (sulfide) groups is 3. The SMILES string of the molecule is O=C(CBr)NCCSC(c1ccccc1)(c1ccccc1)c1ccccc1.O=C(CNCCSC(c1ccccc1)(c1ccccc1)c1ccccc1)NCCSC(c1ccccc1)(c1ccccc1)c1ccccc1. The van der Waals surface area contributed by atoms with E-state index in [0.717, 1.165) is 17.3 Å². The van der Waals surface area contributed by atoms with Crippen LogP contribution in [0.5, 0.6) is 0 Å². The zero-order valence-corrected chi connectivity index (χ0v) is 46.6. The Bertz CT molecular complexity index is 2790. The molecule has 0 radical (unpaired) electrons. The number of nitrogens with one attached hydrogen (secondary N) is 3. The minimum atomic E-state index is -0.396. The highest BCUT2D eigenvalue weighted by atomic mass is 79.9. The summed E-state index contributed by atoms with van der Waals surface area (Å²) in [6, 6.07) is 96.0. The van der Waals surface area contributed by atoms with Gasteiger partial charge in [-0.05, 0) is 50.1 Å². The van der Waals surface area contributed by atoms with Gasteiger partial charge in [-0.15, -0.1) is 35.3 Å². The van der Waals surface area contributed by atoms with E-state index in [4.69, 9.17) is 0 Å². The summed E-state index contributed by atoms with van der Waals surface area (Å²) in [4.78, 5) is 24.6. The fourth-order valence-corrected chi connectivity index (χ4v) is 14.2. The van der Waals surface area contributed by atoms with Crippen molar-refractivity contribution in [3.05, 3.63) is 323 Å². The second kappa shape index (κ2) is 29.1. The predicted molar refractivity (Wildman–Crippen MR) is 328 cm³/mol. The van der Waals surface area contributed by atoms with Crippen LogP contribution in [0.2, 0.25) is 0 Å². The third kappa shape index (κ3) is 13.9. The Morgan fingerprint density at radius 3 is 0.711 bits per heavy atom. The molecule has 0 fully saturated rings. The third-order valence-corrected chi connectivity index (χ3v) is 18.3. The molecule has 9 rings (SSSR count). The van der Waals surface area contributed by atoms with Gasteiger partial charge in [0, 0.05) is 36.9 Å². The molecule has 0 saturated carbocycles. The smallest absolute Gasteiger partial charge is 0.233 e. The van der Waals surface area contributed by atoms with Gasteiger partial charge in [-0.1, -0.05) is 289 Å². The van der Waals surface area contributed by atoms with Gasteiger partial charge in [0.05, 0.1) is 26.1 Å². The fourth-order valence-electron chi connectivity index (χ4n) is 9.68. The Hall–Kier alpha value is -6.59. The molecule has 0 unspecified atom stereocenters. The highest BCUT2D eigenvalue weighted by molar-refractivity contribution is 9.09. The maximum atomic E-state index is 13.0. The molecule has 3 N–H and O–H groups in total. The Kier molecular flexibility index (Phi) is 21.3. The number of alkyl halides is 1. The van der Waals surface area contributed by atoms with Crippen LogP contribution in [-0.2, 0) is 23.8 Å². The van der Waals surface area contributed by atoms with Crippen LogP contribution in [0.3, 0.4) is 0 Å². The molecule has 0 saturated heterocycles. The van der Waals surface area contributed by atoms with Crippen molar-refractivity contribution >= 4 is 63.0 Å². The molecule has 384 valence electrons. The molecule has 5 nitrogen and oxygen atoms in total. The van der Waals surface area contributed by atoms with Crippen LogP contribution < -0.4 is 16.0 Å². The lowest BCUT2D eigenvalue weighted by Gasteiger charge is -2.35. The highest BCUT2D eigenvalue weighted by Gasteiger charge is 2.39. The first-order valence-corrected chi connectivity index (χ1v) is 29.8. The summed E-state index contributed by atoms with van der Waals surface area (Å²) < 4.78 is -1.09. The van der Waals surface area contributed by atoms with Crippen LogP contribution in [0, 0.1) is 0 Å². The van der Waals surface area contributed by atoms with Crippen LogP contribution in [0.1, 0.15) is 50.1 Å². The maximum Gasteiger partial charge on any atom is 0.233 e. The number of amides is 2. The number of carbonyl (C=O) groups is 2. The Morgan fingerprint density at radius 1 is 0.303 bits per heavy atom. The Balaban J connectivity index is 0.000000239. The summed E-state index contributed by atoms with van der Waals surface area (Å²) in [6.07, 6.45) is 0. The first-order valence-electron chi connectivity index (χ1n) is 25.7. The summed E-state index contributed by atoms with van der Waals surface area (Å²) in [5.41, 5.74) is 11.1. The molecule has 9 aromatic rings. The van der Waals surface area contributed by atoms with E-state index in [2.05, 4.69) is 287 Å². The quantitative estimate of drug-likeness (QED) is 0.0318. The van der Waals surface area contributed by atoms with Gasteiger partial charge in [-0.25, -0.2) is 0 Å². The summed E-state index contributed by atoms with van der Waals surface area (Å²) in [6.45, 7) is 2.19. The molecule has 9 heteroatoms. The first kappa shape index (κ1) is 55.6. The summed E-state index contributed by atoms with van der Waals surface area (Å²) in [5, 5.41) is 9.86. The molecule has 0 bridgehead atoms. The van der Waals surface area contributed by atoms with Crippen molar-refractivity contribution in [2.24, 2.45) is 0 Å². The van der Waals surface area contributed by atoms with Gasteiger partial charge in [-0.3, -0.25) is 9.59 Å². The Morgan fingerprint density at radius 2 is 0.500 bits per heavy atom. The van der Waals surface area contributed by atoms with Crippen LogP contribution in [0.4, 0.5) is 0 Å². The van der Waals surface area contributed by atoms with Crippen molar-refractivity contribution in [3.8, 4) is 0 Å². The van der Waals surface area contributed by atoms with Gasteiger partial charge >= 0.3 is 0 Å². The molecule has 76 heavy (non-hydrogen) atoms. The Labute approximate surface area is 471 Å². The van der Waals surface area contributed by atoms with Crippen molar-refractivity contribution in [3.63, 3.8) is 0 Å². The summed E-state index contributed by atoms with van der Waals surface area (Å²) >= 11 is 8.81. The number of benzene rings is 9. The standard InChI is InChI=1S/C44H42N2OS2.C23H22BrNOS/c47-42(46-32-34-49-44(39-25-13-4-14-26-39,40-27-15-5-16-28-40)41-29-17-6-18-30-41)35-45-31-33-48-43(36-19-7-1-8-20-36,37-21-9-2-10-22-37)38-23-11-3-12-24-38;24-18-22(26)25-16-17-27-23(19-10-4-1-5-11-19,20-12-6-2-7-13-20)21-14-8-3-9-15-21/h1-30,45H,31-35H2,(H,46,47);1-15H,16-18H2,(H,25,26). The van der Waals surface area contributed by atoms with Gasteiger partial charge in [-0.2, -0.15) is 0 Å². The number of carbonyl (C=O) groups excluding carboxylic acids is 2. The lowest BCUT2D eigenvalue weighted by molar-refractivity contribution is -0.120. The highest BCUT2D eigenvalue weighted by Crippen LogP contribution is 2.50. The number of hydrogen-bond acceptors (Lipinski definition) is 6. The third-order valence-electron chi connectivity index (χ3n) is 13.1. The number of hydrogen-bond donors (Lipinski definition) is 3. The molecular weight excluding hydrogens is 1050 g/mol. The number of rotatable bonds is 24. The van der Waals surface area contributed by atoms with E-state index in [1.165, 1.54) is 50.1 Å². The van der Waals surface area contributed by atoms with Crippen molar-refractivity contribution < 1.29 is 9.59 Å².